The van der Waals surface area contributed by atoms with Crippen LogP contribution in [0.2, 0.25) is 0 Å². The Kier molecular flexibility index (Phi) is 68.0. The molecule has 0 aromatic heterocycles. The summed E-state index contributed by atoms with van der Waals surface area (Å²) in [5.41, 5.74) is 0. The second kappa shape index (κ2) is 69.3. The Morgan fingerprint density at radius 2 is 0.519 bits per heavy atom. The van der Waals surface area contributed by atoms with Crippen LogP contribution in [-0.4, -0.2) is 57.3 Å². The van der Waals surface area contributed by atoms with Gasteiger partial charge in [-0.25, -0.2) is 0 Å². The van der Waals surface area contributed by atoms with Gasteiger partial charge in [0, 0.05) is 0 Å². The maximum absolute atomic E-state index is 12.7. The lowest BCUT2D eigenvalue weighted by Crippen LogP contribution is -2.53. The molecule has 0 heterocycles. The van der Waals surface area contributed by atoms with Crippen LogP contribution in [0.15, 0.2) is 36.5 Å². The first-order valence-electron chi connectivity index (χ1n) is 36.9. The van der Waals surface area contributed by atoms with E-state index in [0.717, 1.165) is 51.4 Å². The zero-order valence-electron chi connectivity index (χ0n) is 54.8. The highest BCUT2D eigenvalue weighted by Crippen LogP contribution is 2.20. The number of allylic oxidation sites excluding steroid dienone is 6. The summed E-state index contributed by atoms with van der Waals surface area (Å²) >= 11 is 0. The van der Waals surface area contributed by atoms with Crippen LogP contribution in [0.4, 0.5) is 0 Å². The minimum Gasteiger partial charge on any atom is -0.394 e. The summed E-state index contributed by atoms with van der Waals surface area (Å²) in [7, 11) is 0. The topological polar surface area (TPSA) is 110 Å². The van der Waals surface area contributed by atoms with Gasteiger partial charge in [0.05, 0.1) is 18.8 Å². The first kappa shape index (κ1) is 79.5. The van der Waals surface area contributed by atoms with Crippen molar-refractivity contribution >= 4 is 5.91 Å². The standard InChI is InChI=1S/C75H145NO5/c1-3-5-7-9-11-13-15-17-19-21-23-25-27-29-31-33-35-36-37-39-41-43-45-47-49-51-53-55-57-59-61-63-65-67-69-73(79)75(81)76-71(70-77)74(80)72(78)68-66-64-62-60-58-56-54-52-50-48-46-44-42-40-38-34-32-30-28-26-24-22-20-18-16-14-12-10-8-6-4-2/h44,46,52,54,60,62,71-74,77-80H,3-43,45,47-51,53,55-59,61,63-70H2,1-2H3,(H,76,81)/b46-44+,54-52+,62-60+. The number of hydrogen-bond acceptors (Lipinski definition) is 5. The molecule has 480 valence electrons. The van der Waals surface area contributed by atoms with E-state index in [1.165, 1.54) is 321 Å². The minimum absolute atomic E-state index is 0.362. The van der Waals surface area contributed by atoms with Crippen LogP contribution in [0, 0.1) is 0 Å². The summed E-state index contributed by atoms with van der Waals surface area (Å²) in [4.78, 5) is 12.7. The fraction of sp³-hybridized carbons (Fsp3) is 0.907. The third-order valence-corrected chi connectivity index (χ3v) is 17.6. The molecular formula is C75H145NO5. The van der Waals surface area contributed by atoms with Gasteiger partial charge in [-0.1, -0.05) is 378 Å². The van der Waals surface area contributed by atoms with Gasteiger partial charge in [0.2, 0.25) is 5.91 Å². The lowest BCUT2D eigenvalue weighted by molar-refractivity contribution is -0.132. The predicted molar refractivity (Wildman–Crippen MR) is 357 cm³/mol. The van der Waals surface area contributed by atoms with Crippen molar-refractivity contribution in [3.05, 3.63) is 36.5 Å². The van der Waals surface area contributed by atoms with Crippen LogP contribution in [0.25, 0.3) is 0 Å². The van der Waals surface area contributed by atoms with Gasteiger partial charge >= 0.3 is 0 Å². The molecule has 0 aliphatic rings. The molecule has 4 atom stereocenters. The lowest BCUT2D eigenvalue weighted by atomic mass is 10.00. The van der Waals surface area contributed by atoms with E-state index in [4.69, 9.17) is 0 Å². The van der Waals surface area contributed by atoms with Crippen molar-refractivity contribution in [2.45, 2.75) is 430 Å². The largest absolute Gasteiger partial charge is 0.394 e. The monoisotopic (exact) mass is 1140 g/mol. The fourth-order valence-electron chi connectivity index (χ4n) is 11.9. The quantitative estimate of drug-likeness (QED) is 0.0308. The molecule has 5 N–H and O–H groups in total. The van der Waals surface area contributed by atoms with Gasteiger partial charge in [0.25, 0.3) is 0 Å². The normalized spacial score (nSPS) is 13.6. The maximum Gasteiger partial charge on any atom is 0.249 e. The summed E-state index contributed by atoms with van der Waals surface area (Å²) in [5.74, 6) is -0.592. The third kappa shape index (κ3) is 62.9. The van der Waals surface area contributed by atoms with Crippen molar-refractivity contribution in [1.29, 1.82) is 0 Å². The van der Waals surface area contributed by atoms with E-state index in [9.17, 15) is 25.2 Å². The molecule has 0 spiro atoms. The highest BCUT2D eigenvalue weighted by atomic mass is 16.3. The number of rotatable bonds is 69. The van der Waals surface area contributed by atoms with Crippen molar-refractivity contribution in [3.63, 3.8) is 0 Å². The van der Waals surface area contributed by atoms with Crippen molar-refractivity contribution in [3.8, 4) is 0 Å². The van der Waals surface area contributed by atoms with Gasteiger partial charge in [-0.2, -0.15) is 0 Å². The van der Waals surface area contributed by atoms with Gasteiger partial charge < -0.3 is 25.7 Å². The minimum atomic E-state index is -1.29. The lowest BCUT2D eigenvalue weighted by Gasteiger charge is -2.27. The smallest absolute Gasteiger partial charge is 0.249 e. The summed E-state index contributed by atoms with van der Waals surface area (Å²) < 4.78 is 0. The van der Waals surface area contributed by atoms with E-state index in [-0.39, 0.29) is 0 Å². The van der Waals surface area contributed by atoms with E-state index in [1.807, 2.05) is 0 Å². The second-order valence-electron chi connectivity index (χ2n) is 25.6. The Hall–Kier alpha value is -1.47. The number of aliphatic hydroxyl groups excluding tert-OH is 4. The molecule has 6 heteroatoms. The first-order chi connectivity index (χ1) is 40.0. The maximum atomic E-state index is 12.7. The molecule has 81 heavy (non-hydrogen) atoms. The van der Waals surface area contributed by atoms with E-state index >= 15 is 0 Å². The van der Waals surface area contributed by atoms with Crippen molar-refractivity contribution in [1.82, 2.24) is 5.32 Å². The Morgan fingerprint density at radius 1 is 0.296 bits per heavy atom. The van der Waals surface area contributed by atoms with E-state index in [2.05, 4.69) is 55.6 Å². The molecule has 0 rings (SSSR count). The van der Waals surface area contributed by atoms with Gasteiger partial charge in [0.15, 0.2) is 0 Å². The fourth-order valence-corrected chi connectivity index (χ4v) is 11.9. The summed E-state index contributed by atoms with van der Waals surface area (Å²) in [6.45, 7) is 4.10. The number of aliphatic hydroxyl groups is 4. The molecule has 0 aromatic carbocycles. The summed E-state index contributed by atoms with van der Waals surface area (Å²) in [6.07, 6.45) is 90.1. The molecule has 0 saturated heterocycles. The Labute approximate surface area is 507 Å². The van der Waals surface area contributed by atoms with Crippen LogP contribution in [0.1, 0.15) is 406 Å². The highest BCUT2D eigenvalue weighted by Gasteiger charge is 2.28. The molecule has 4 unspecified atom stereocenters. The third-order valence-electron chi connectivity index (χ3n) is 17.6. The molecule has 0 bridgehead atoms. The number of amides is 1. The average Bonchev–Trinajstić information content (AvgIpc) is 3.47. The summed E-state index contributed by atoms with van der Waals surface area (Å²) in [6, 6.07) is -1.01. The van der Waals surface area contributed by atoms with Crippen LogP contribution >= 0.6 is 0 Å². The Morgan fingerprint density at radius 3 is 0.778 bits per heavy atom. The predicted octanol–water partition coefficient (Wildman–Crippen LogP) is 23.1. The van der Waals surface area contributed by atoms with Crippen molar-refractivity contribution < 1.29 is 25.2 Å². The molecule has 0 aliphatic heterocycles. The molecule has 0 saturated carbocycles. The molecule has 0 aromatic rings. The van der Waals surface area contributed by atoms with Gasteiger partial charge in [-0.3, -0.25) is 4.79 Å². The molecule has 6 nitrogen and oxygen atoms in total. The number of carbonyl (C=O) groups excluding carboxylic acids is 1. The van der Waals surface area contributed by atoms with Crippen molar-refractivity contribution in [2.75, 3.05) is 6.61 Å². The van der Waals surface area contributed by atoms with Crippen molar-refractivity contribution in [2.24, 2.45) is 0 Å². The number of hydrogen-bond donors (Lipinski definition) is 5. The van der Waals surface area contributed by atoms with E-state index in [0.29, 0.717) is 19.3 Å². The first-order valence-corrected chi connectivity index (χ1v) is 36.9. The summed E-state index contributed by atoms with van der Waals surface area (Å²) in [5, 5.41) is 44.2. The molecular weight excluding hydrogens is 995 g/mol. The van der Waals surface area contributed by atoms with Crippen LogP contribution in [-0.2, 0) is 4.79 Å². The molecule has 1 amide bonds. The number of unbranched alkanes of at least 4 members (excludes halogenated alkanes) is 54. The number of nitrogens with one attached hydrogen (secondary N) is 1. The van der Waals surface area contributed by atoms with E-state index in [1.54, 1.807) is 0 Å². The van der Waals surface area contributed by atoms with E-state index < -0.39 is 36.9 Å². The zero-order chi connectivity index (χ0) is 58.7. The Balaban J connectivity index is 3.57. The average molecular weight is 1140 g/mol. The van der Waals surface area contributed by atoms with Crippen LogP contribution < -0.4 is 5.32 Å². The van der Waals surface area contributed by atoms with Crippen LogP contribution in [0.5, 0.6) is 0 Å². The van der Waals surface area contributed by atoms with Gasteiger partial charge in [-0.05, 0) is 64.2 Å². The number of carbonyl (C=O) groups is 1. The second-order valence-corrected chi connectivity index (χ2v) is 25.6. The highest BCUT2D eigenvalue weighted by molar-refractivity contribution is 5.80. The van der Waals surface area contributed by atoms with Crippen LogP contribution in [0.3, 0.4) is 0 Å². The molecule has 0 radical (unpaired) electrons. The zero-order valence-corrected chi connectivity index (χ0v) is 54.8. The Bertz CT molecular complexity index is 1280. The SMILES string of the molecule is CCCCCCCCCCCCCCCCCCCC/C=C/CC/C=C/CC/C=C/CCCC(O)C(O)C(CO)NC(=O)C(O)CCCCCCCCCCCCCCCCCCCCCCCCCCCCCCCCCCCC. The molecule has 0 fully saturated rings. The van der Waals surface area contributed by atoms with Gasteiger partial charge in [-0.15, -0.1) is 0 Å². The molecule has 0 aliphatic carbocycles. The van der Waals surface area contributed by atoms with Gasteiger partial charge in [0.1, 0.15) is 12.2 Å².